The quantitative estimate of drug-likeness (QED) is 0.797. The van der Waals surface area contributed by atoms with Gasteiger partial charge >= 0.3 is 0 Å². The zero-order valence-corrected chi connectivity index (χ0v) is 15.9. The van der Waals surface area contributed by atoms with E-state index in [-0.39, 0.29) is 30.0 Å². The Morgan fingerprint density at radius 1 is 1.18 bits per heavy atom. The highest BCUT2D eigenvalue weighted by Crippen LogP contribution is 2.35. The van der Waals surface area contributed by atoms with Gasteiger partial charge in [0, 0.05) is 19.5 Å². The van der Waals surface area contributed by atoms with E-state index in [2.05, 4.69) is 5.32 Å². The van der Waals surface area contributed by atoms with E-state index in [9.17, 15) is 18.4 Å². The lowest BCUT2D eigenvalue weighted by Crippen LogP contribution is -2.33. The molecule has 0 aliphatic carbocycles. The number of likely N-dealkylation sites (tertiary alicyclic amines) is 1. The molecule has 7 heteroatoms. The van der Waals surface area contributed by atoms with Gasteiger partial charge in [0.1, 0.15) is 11.7 Å². The number of nitrogens with zero attached hydrogens (tertiary/aromatic N) is 1. The highest BCUT2D eigenvalue weighted by atomic mass is 19.1. The van der Waals surface area contributed by atoms with Gasteiger partial charge in [-0.2, -0.15) is 0 Å². The fourth-order valence-electron chi connectivity index (χ4n) is 3.36. The van der Waals surface area contributed by atoms with Gasteiger partial charge in [0.15, 0.2) is 11.6 Å². The Morgan fingerprint density at radius 3 is 2.54 bits per heavy atom. The molecule has 2 aromatic carbocycles. The molecule has 148 valence electrons. The van der Waals surface area contributed by atoms with E-state index in [0.29, 0.717) is 5.56 Å². The van der Waals surface area contributed by atoms with Crippen molar-refractivity contribution in [3.05, 3.63) is 59.7 Å². The van der Waals surface area contributed by atoms with Crippen LogP contribution in [0.4, 0.5) is 14.5 Å². The number of ether oxygens (including phenoxy) is 1. The Labute approximate surface area is 162 Å². The summed E-state index contributed by atoms with van der Waals surface area (Å²) >= 11 is 0. The SMILES string of the molecule is CC(C)Oc1ccc([C@H]2CN(C)C(=O)[C@@H]2C(=O)Nc2ccccc2F)cc1F. The number of hydrogen-bond acceptors (Lipinski definition) is 3. The van der Waals surface area contributed by atoms with Gasteiger partial charge in [-0.25, -0.2) is 8.78 Å². The first-order valence-electron chi connectivity index (χ1n) is 9.04. The standard InChI is InChI=1S/C21H22F2N2O3/c1-12(2)28-18-9-8-13(10-16(18)23)14-11-25(3)21(27)19(14)20(26)24-17-7-5-4-6-15(17)22/h4-10,12,14,19H,11H2,1-3H3,(H,24,26)/t14-,19+/m1/s1. The van der Waals surface area contributed by atoms with E-state index in [1.54, 1.807) is 33.0 Å². The summed E-state index contributed by atoms with van der Waals surface area (Å²) in [6.45, 7) is 3.85. The molecule has 5 nitrogen and oxygen atoms in total. The van der Waals surface area contributed by atoms with Crippen molar-refractivity contribution < 1.29 is 23.1 Å². The molecule has 1 saturated heterocycles. The van der Waals surface area contributed by atoms with Gasteiger partial charge in [0.05, 0.1) is 11.8 Å². The summed E-state index contributed by atoms with van der Waals surface area (Å²) in [4.78, 5) is 26.7. The molecule has 0 radical (unpaired) electrons. The average Bonchev–Trinajstić information content (AvgIpc) is 2.93. The maximum Gasteiger partial charge on any atom is 0.237 e. The van der Waals surface area contributed by atoms with Crippen molar-refractivity contribution in [1.29, 1.82) is 0 Å². The molecule has 2 aromatic rings. The molecule has 0 spiro atoms. The van der Waals surface area contributed by atoms with Gasteiger partial charge < -0.3 is 15.0 Å². The molecular weight excluding hydrogens is 366 g/mol. The van der Waals surface area contributed by atoms with Crippen LogP contribution < -0.4 is 10.1 Å². The van der Waals surface area contributed by atoms with Crippen LogP contribution in [0.3, 0.4) is 0 Å². The summed E-state index contributed by atoms with van der Waals surface area (Å²) in [5.74, 6) is -3.65. The number of hydrogen-bond donors (Lipinski definition) is 1. The van der Waals surface area contributed by atoms with E-state index >= 15 is 0 Å². The van der Waals surface area contributed by atoms with E-state index in [1.165, 1.54) is 35.2 Å². The van der Waals surface area contributed by atoms with Crippen molar-refractivity contribution in [2.24, 2.45) is 5.92 Å². The Balaban J connectivity index is 1.87. The second-order valence-corrected chi connectivity index (χ2v) is 7.13. The van der Waals surface area contributed by atoms with Crippen molar-refractivity contribution in [3.8, 4) is 5.75 Å². The third-order valence-electron chi connectivity index (χ3n) is 4.68. The van der Waals surface area contributed by atoms with Crippen molar-refractivity contribution >= 4 is 17.5 Å². The van der Waals surface area contributed by atoms with Crippen LogP contribution in [-0.2, 0) is 9.59 Å². The number of likely N-dealkylation sites (N-methyl/N-ethyl adjacent to an activating group) is 1. The van der Waals surface area contributed by atoms with Crippen LogP contribution in [-0.4, -0.2) is 36.4 Å². The maximum atomic E-state index is 14.4. The zero-order valence-electron chi connectivity index (χ0n) is 15.9. The average molecular weight is 388 g/mol. The minimum absolute atomic E-state index is 0.000431. The molecule has 1 heterocycles. The minimum atomic E-state index is -1.07. The molecule has 0 bridgehead atoms. The lowest BCUT2D eigenvalue weighted by atomic mass is 9.87. The molecule has 0 unspecified atom stereocenters. The first-order chi connectivity index (χ1) is 13.3. The Bertz CT molecular complexity index is 901. The number of halogens is 2. The van der Waals surface area contributed by atoms with Crippen molar-refractivity contribution in [3.63, 3.8) is 0 Å². The van der Waals surface area contributed by atoms with Crippen LogP contribution in [0.25, 0.3) is 0 Å². The second kappa shape index (κ2) is 7.96. The van der Waals surface area contributed by atoms with Crippen LogP contribution in [0.15, 0.2) is 42.5 Å². The van der Waals surface area contributed by atoms with Crippen molar-refractivity contribution in [2.45, 2.75) is 25.9 Å². The highest BCUT2D eigenvalue weighted by molar-refractivity contribution is 6.08. The molecule has 2 amide bonds. The number of para-hydroxylation sites is 1. The lowest BCUT2D eigenvalue weighted by Gasteiger charge is -2.18. The number of carbonyl (C=O) groups excluding carboxylic acids is 2. The van der Waals surface area contributed by atoms with Crippen LogP contribution >= 0.6 is 0 Å². The van der Waals surface area contributed by atoms with Crippen molar-refractivity contribution in [1.82, 2.24) is 4.90 Å². The van der Waals surface area contributed by atoms with Gasteiger partial charge in [-0.05, 0) is 43.7 Å². The molecular formula is C21H22F2N2O3. The van der Waals surface area contributed by atoms with E-state index < -0.39 is 29.4 Å². The number of carbonyl (C=O) groups is 2. The predicted octanol–water partition coefficient (Wildman–Crippen LogP) is 3.56. The first kappa shape index (κ1) is 19.8. The Kier molecular flexibility index (Phi) is 5.63. The summed E-state index contributed by atoms with van der Waals surface area (Å²) in [6.07, 6.45) is -0.182. The van der Waals surface area contributed by atoms with Crippen LogP contribution in [0.2, 0.25) is 0 Å². The van der Waals surface area contributed by atoms with E-state index in [4.69, 9.17) is 4.74 Å². The fraction of sp³-hybridized carbons (Fsp3) is 0.333. The summed E-state index contributed by atoms with van der Waals surface area (Å²) in [5, 5.41) is 2.48. The van der Waals surface area contributed by atoms with Crippen molar-refractivity contribution in [2.75, 3.05) is 18.9 Å². The normalized spacial score (nSPS) is 19.2. The Hall–Kier alpha value is -2.96. The largest absolute Gasteiger partial charge is 0.488 e. The van der Waals surface area contributed by atoms with E-state index in [0.717, 1.165) is 0 Å². The predicted molar refractivity (Wildman–Crippen MR) is 101 cm³/mol. The van der Waals surface area contributed by atoms with Gasteiger partial charge in [-0.15, -0.1) is 0 Å². The summed E-state index contributed by atoms with van der Waals surface area (Å²) in [6, 6.07) is 10.2. The lowest BCUT2D eigenvalue weighted by molar-refractivity contribution is -0.135. The molecule has 1 N–H and O–H groups in total. The number of rotatable bonds is 5. The molecule has 0 aromatic heterocycles. The van der Waals surface area contributed by atoms with Gasteiger partial charge in [-0.3, -0.25) is 9.59 Å². The number of nitrogens with one attached hydrogen (secondary N) is 1. The Morgan fingerprint density at radius 2 is 1.89 bits per heavy atom. The summed E-state index contributed by atoms with van der Waals surface area (Å²) in [5.41, 5.74) is 0.514. The summed E-state index contributed by atoms with van der Waals surface area (Å²) in [7, 11) is 1.58. The third kappa shape index (κ3) is 3.98. The highest BCUT2D eigenvalue weighted by Gasteiger charge is 2.44. The zero-order chi connectivity index (χ0) is 20.4. The molecule has 1 aliphatic heterocycles. The molecule has 1 fully saturated rings. The minimum Gasteiger partial charge on any atom is -0.488 e. The number of benzene rings is 2. The fourth-order valence-corrected chi connectivity index (χ4v) is 3.36. The van der Waals surface area contributed by atoms with Gasteiger partial charge in [0.2, 0.25) is 11.8 Å². The van der Waals surface area contributed by atoms with Gasteiger partial charge in [0.25, 0.3) is 0 Å². The smallest absolute Gasteiger partial charge is 0.237 e. The monoisotopic (exact) mass is 388 g/mol. The number of amides is 2. The van der Waals surface area contributed by atoms with Crippen LogP contribution in [0.1, 0.15) is 25.3 Å². The first-order valence-corrected chi connectivity index (χ1v) is 9.04. The second-order valence-electron chi connectivity index (χ2n) is 7.13. The molecule has 2 atom stereocenters. The van der Waals surface area contributed by atoms with Gasteiger partial charge in [-0.1, -0.05) is 18.2 Å². The molecule has 1 aliphatic rings. The van der Waals surface area contributed by atoms with Crippen LogP contribution in [0, 0.1) is 17.6 Å². The molecule has 3 rings (SSSR count). The molecule has 28 heavy (non-hydrogen) atoms. The third-order valence-corrected chi connectivity index (χ3v) is 4.68. The van der Waals surface area contributed by atoms with E-state index in [1.807, 2.05) is 0 Å². The van der Waals surface area contributed by atoms with Crippen LogP contribution in [0.5, 0.6) is 5.75 Å². The molecule has 0 saturated carbocycles. The topological polar surface area (TPSA) is 58.6 Å². The number of anilines is 1. The maximum absolute atomic E-state index is 14.4. The summed E-state index contributed by atoms with van der Waals surface area (Å²) < 4.78 is 33.7.